The average Bonchev–Trinajstić information content (AvgIpc) is 2.88. The molecule has 6 heteroatoms. The monoisotopic (exact) mass is 306 g/mol. The summed E-state index contributed by atoms with van der Waals surface area (Å²) in [7, 11) is 0. The van der Waals surface area contributed by atoms with E-state index in [1.54, 1.807) is 23.0 Å². The van der Waals surface area contributed by atoms with E-state index in [0.717, 1.165) is 6.42 Å². The molecule has 1 atom stereocenters. The van der Waals surface area contributed by atoms with Crippen LogP contribution in [-0.2, 0) is 6.54 Å². The third-order valence-electron chi connectivity index (χ3n) is 3.16. The summed E-state index contributed by atoms with van der Waals surface area (Å²) in [5.74, 6) is 0.420. The van der Waals surface area contributed by atoms with Crippen molar-refractivity contribution >= 4 is 23.1 Å². The van der Waals surface area contributed by atoms with Crippen LogP contribution in [0.4, 0.5) is 10.2 Å². The highest BCUT2D eigenvalue weighted by Crippen LogP contribution is 2.10. The van der Waals surface area contributed by atoms with Gasteiger partial charge < -0.3 is 10.6 Å². The van der Waals surface area contributed by atoms with E-state index < -0.39 is 0 Å². The largest absolute Gasteiger partial charge is 0.360 e. The highest BCUT2D eigenvalue weighted by molar-refractivity contribution is 7.80. The molecule has 0 saturated heterocycles. The van der Waals surface area contributed by atoms with Crippen molar-refractivity contribution in [3.8, 4) is 0 Å². The Bertz CT molecular complexity index is 611. The van der Waals surface area contributed by atoms with Gasteiger partial charge in [-0.2, -0.15) is 5.10 Å². The summed E-state index contributed by atoms with van der Waals surface area (Å²) in [5.41, 5.74) is 0.604. The summed E-state index contributed by atoms with van der Waals surface area (Å²) in [6.07, 6.45) is 2.78. The Labute approximate surface area is 129 Å². The molecule has 2 aromatic rings. The van der Waals surface area contributed by atoms with E-state index in [1.165, 1.54) is 6.07 Å². The van der Waals surface area contributed by atoms with Gasteiger partial charge in [0.25, 0.3) is 0 Å². The first-order valence-corrected chi connectivity index (χ1v) is 7.33. The van der Waals surface area contributed by atoms with Gasteiger partial charge in [0, 0.05) is 23.9 Å². The maximum Gasteiger partial charge on any atom is 0.172 e. The van der Waals surface area contributed by atoms with Crippen LogP contribution in [0.5, 0.6) is 0 Å². The zero-order valence-corrected chi connectivity index (χ0v) is 13.0. The quantitative estimate of drug-likeness (QED) is 0.833. The van der Waals surface area contributed by atoms with E-state index in [0.29, 0.717) is 29.1 Å². The normalized spacial score (nSPS) is 12.0. The molecule has 1 aromatic heterocycles. The van der Waals surface area contributed by atoms with Crippen LogP contribution < -0.4 is 10.6 Å². The summed E-state index contributed by atoms with van der Waals surface area (Å²) in [5, 5.41) is 11.1. The van der Waals surface area contributed by atoms with E-state index in [-0.39, 0.29) is 5.82 Å². The molecule has 0 spiro atoms. The van der Waals surface area contributed by atoms with Crippen molar-refractivity contribution in [2.45, 2.75) is 32.9 Å². The zero-order chi connectivity index (χ0) is 15.2. The molecule has 2 rings (SSSR count). The second kappa shape index (κ2) is 7.17. The lowest BCUT2D eigenvalue weighted by Crippen LogP contribution is -2.35. The van der Waals surface area contributed by atoms with Crippen LogP contribution in [0, 0.1) is 5.82 Å². The summed E-state index contributed by atoms with van der Waals surface area (Å²) < 4.78 is 15.3. The number of rotatable bonds is 5. The molecule has 1 unspecified atom stereocenters. The molecule has 21 heavy (non-hydrogen) atoms. The third kappa shape index (κ3) is 4.53. The molecular weight excluding hydrogens is 287 g/mol. The Hall–Kier alpha value is -1.95. The molecule has 0 aliphatic carbocycles. The predicted octanol–water partition coefficient (Wildman–Crippen LogP) is 3.16. The van der Waals surface area contributed by atoms with Crippen molar-refractivity contribution < 1.29 is 4.39 Å². The van der Waals surface area contributed by atoms with Crippen LogP contribution in [0.3, 0.4) is 0 Å². The van der Waals surface area contributed by atoms with Crippen LogP contribution in [0.1, 0.15) is 25.8 Å². The van der Waals surface area contributed by atoms with Gasteiger partial charge in [0.05, 0.1) is 6.54 Å². The minimum Gasteiger partial charge on any atom is -0.360 e. The van der Waals surface area contributed by atoms with Gasteiger partial charge in [-0.05, 0) is 31.6 Å². The summed E-state index contributed by atoms with van der Waals surface area (Å²) >= 11 is 5.21. The summed E-state index contributed by atoms with van der Waals surface area (Å²) in [4.78, 5) is 0. The SMILES string of the molecule is CCC(C)NC(=S)Nc1ccn(Cc2ccccc2F)n1. The number of aromatic nitrogens is 2. The van der Waals surface area contributed by atoms with Crippen LogP contribution in [0.25, 0.3) is 0 Å². The minimum absolute atomic E-state index is 0.225. The predicted molar refractivity (Wildman–Crippen MR) is 86.8 cm³/mol. The Morgan fingerprint density at radius 2 is 2.14 bits per heavy atom. The third-order valence-corrected chi connectivity index (χ3v) is 3.38. The first-order valence-electron chi connectivity index (χ1n) is 6.93. The van der Waals surface area contributed by atoms with Gasteiger partial charge in [-0.3, -0.25) is 4.68 Å². The van der Waals surface area contributed by atoms with E-state index in [1.807, 2.05) is 12.1 Å². The maximum absolute atomic E-state index is 13.6. The first-order chi connectivity index (χ1) is 10.1. The molecule has 4 nitrogen and oxygen atoms in total. The molecule has 0 fully saturated rings. The molecule has 0 amide bonds. The molecule has 0 aliphatic rings. The zero-order valence-electron chi connectivity index (χ0n) is 12.1. The van der Waals surface area contributed by atoms with Gasteiger partial charge in [-0.25, -0.2) is 4.39 Å². The number of anilines is 1. The standard InChI is InChI=1S/C15H19FN4S/c1-3-11(2)17-15(21)18-14-8-9-20(19-14)10-12-6-4-5-7-13(12)16/h4-9,11H,3,10H2,1-2H3,(H2,17,18,19,21). The fraction of sp³-hybridized carbons (Fsp3) is 0.333. The smallest absolute Gasteiger partial charge is 0.172 e. The maximum atomic E-state index is 13.6. The Morgan fingerprint density at radius 3 is 2.86 bits per heavy atom. The second-order valence-corrected chi connectivity index (χ2v) is 5.31. The number of nitrogens with one attached hydrogen (secondary N) is 2. The number of nitrogens with zero attached hydrogens (tertiary/aromatic N) is 2. The molecule has 0 radical (unpaired) electrons. The Kier molecular flexibility index (Phi) is 5.27. The molecule has 0 aliphatic heterocycles. The number of halogens is 1. The number of benzene rings is 1. The van der Waals surface area contributed by atoms with Crippen LogP contribution >= 0.6 is 12.2 Å². The van der Waals surface area contributed by atoms with E-state index in [2.05, 4.69) is 29.6 Å². The van der Waals surface area contributed by atoms with Crippen molar-refractivity contribution in [2.75, 3.05) is 5.32 Å². The number of thiocarbonyl (C=S) groups is 1. The van der Waals surface area contributed by atoms with Crippen molar-refractivity contribution in [1.82, 2.24) is 15.1 Å². The molecule has 1 heterocycles. The van der Waals surface area contributed by atoms with Crippen LogP contribution in [0.15, 0.2) is 36.5 Å². The highest BCUT2D eigenvalue weighted by atomic mass is 32.1. The lowest BCUT2D eigenvalue weighted by atomic mass is 10.2. The van der Waals surface area contributed by atoms with Crippen LogP contribution in [0.2, 0.25) is 0 Å². The summed E-state index contributed by atoms with van der Waals surface area (Å²) in [6.45, 7) is 4.54. The Morgan fingerprint density at radius 1 is 1.38 bits per heavy atom. The fourth-order valence-electron chi connectivity index (χ4n) is 1.80. The van der Waals surface area contributed by atoms with E-state index >= 15 is 0 Å². The Balaban J connectivity index is 1.96. The number of hydrogen-bond acceptors (Lipinski definition) is 2. The van der Waals surface area contributed by atoms with Gasteiger partial charge in [0.2, 0.25) is 0 Å². The fourth-order valence-corrected chi connectivity index (χ4v) is 2.10. The number of hydrogen-bond donors (Lipinski definition) is 2. The van der Waals surface area contributed by atoms with Gasteiger partial charge in [0.1, 0.15) is 5.82 Å². The van der Waals surface area contributed by atoms with Gasteiger partial charge in [0.15, 0.2) is 10.9 Å². The van der Waals surface area contributed by atoms with Crippen molar-refractivity contribution in [3.05, 3.63) is 47.9 Å². The van der Waals surface area contributed by atoms with Crippen molar-refractivity contribution in [1.29, 1.82) is 0 Å². The topological polar surface area (TPSA) is 41.9 Å². The molecule has 1 aromatic carbocycles. The molecule has 0 bridgehead atoms. The van der Waals surface area contributed by atoms with E-state index in [4.69, 9.17) is 12.2 Å². The molecule has 0 saturated carbocycles. The molecular formula is C15H19FN4S. The van der Waals surface area contributed by atoms with E-state index in [9.17, 15) is 4.39 Å². The molecule has 2 N–H and O–H groups in total. The lowest BCUT2D eigenvalue weighted by molar-refractivity contribution is 0.586. The van der Waals surface area contributed by atoms with Crippen molar-refractivity contribution in [3.63, 3.8) is 0 Å². The van der Waals surface area contributed by atoms with Gasteiger partial charge in [-0.1, -0.05) is 25.1 Å². The summed E-state index contributed by atoms with van der Waals surface area (Å²) in [6, 6.07) is 8.80. The minimum atomic E-state index is -0.225. The lowest BCUT2D eigenvalue weighted by Gasteiger charge is -2.13. The molecule has 112 valence electrons. The van der Waals surface area contributed by atoms with Gasteiger partial charge >= 0.3 is 0 Å². The van der Waals surface area contributed by atoms with Crippen molar-refractivity contribution in [2.24, 2.45) is 0 Å². The van der Waals surface area contributed by atoms with Gasteiger partial charge in [-0.15, -0.1) is 0 Å². The second-order valence-electron chi connectivity index (χ2n) is 4.90. The van der Waals surface area contributed by atoms with Crippen LogP contribution in [-0.4, -0.2) is 20.9 Å². The highest BCUT2D eigenvalue weighted by Gasteiger charge is 2.06. The first kappa shape index (κ1) is 15.4. The average molecular weight is 306 g/mol.